The topological polar surface area (TPSA) is 27.1 Å². The van der Waals surface area contributed by atoms with Crippen LogP contribution in [0.4, 0.5) is 0 Å². The predicted octanol–water partition coefficient (Wildman–Crippen LogP) is 5.31. The van der Waals surface area contributed by atoms with Gasteiger partial charge in [0.2, 0.25) is 0 Å². The highest BCUT2D eigenvalue weighted by molar-refractivity contribution is 9.11. The van der Waals surface area contributed by atoms with Crippen LogP contribution < -0.4 is 4.74 Å². The first-order valence-corrected chi connectivity index (χ1v) is 8.93. The van der Waals surface area contributed by atoms with Gasteiger partial charge in [-0.05, 0) is 69.0 Å². The second kappa shape index (κ2) is 7.65. The average Bonchev–Trinajstić information content (AvgIpc) is 2.88. The third-order valence-corrected chi connectivity index (χ3v) is 4.64. The molecule has 0 spiro atoms. The van der Waals surface area contributed by atoms with Gasteiger partial charge in [0.25, 0.3) is 0 Å². The van der Waals surface area contributed by atoms with Crippen LogP contribution in [0.1, 0.15) is 30.8 Å². The lowest BCUT2D eigenvalue weighted by Crippen LogP contribution is -2.06. The molecule has 0 radical (unpaired) electrons. The van der Waals surface area contributed by atoms with Gasteiger partial charge in [0.1, 0.15) is 12.4 Å². The van der Waals surface area contributed by atoms with Crippen LogP contribution in [0.3, 0.4) is 0 Å². The third kappa shape index (κ3) is 4.02. The van der Waals surface area contributed by atoms with Gasteiger partial charge in [-0.3, -0.25) is 4.68 Å². The zero-order chi connectivity index (χ0) is 15.4. The van der Waals surface area contributed by atoms with Crippen molar-refractivity contribution in [1.82, 2.24) is 9.78 Å². The molecule has 21 heavy (non-hydrogen) atoms. The monoisotopic (exact) mass is 434 g/mol. The van der Waals surface area contributed by atoms with Gasteiger partial charge in [0, 0.05) is 12.4 Å². The van der Waals surface area contributed by atoms with Gasteiger partial charge in [0.15, 0.2) is 0 Å². The Morgan fingerprint density at radius 1 is 1.19 bits per heavy atom. The van der Waals surface area contributed by atoms with Crippen molar-refractivity contribution in [3.05, 3.63) is 44.1 Å². The molecule has 0 saturated carbocycles. The fraction of sp³-hybridized carbons (Fsp3) is 0.400. The Balaban J connectivity index is 2.18. The van der Waals surface area contributed by atoms with E-state index in [1.807, 2.05) is 16.8 Å². The Hall–Kier alpha value is -0.520. The first-order chi connectivity index (χ1) is 10.1. The zero-order valence-electron chi connectivity index (χ0n) is 12.0. The second-order valence-electron chi connectivity index (χ2n) is 4.61. The van der Waals surface area contributed by atoms with Crippen molar-refractivity contribution in [3.8, 4) is 5.75 Å². The van der Waals surface area contributed by atoms with Gasteiger partial charge < -0.3 is 4.74 Å². The fourth-order valence-corrected chi connectivity index (χ4v) is 3.72. The van der Waals surface area contributed by atoms with Crippen LogP contribution >= 0.6 is 43.5 Å². The number of aromatic nitrogens is 2. The minimum Gasteiger partial charge on any atom is -0.485 e. The van der Waals surface area contributed by atoms with E-state index in [4.69, 9.17) is 16.3 Å². The number of halogens is 3. The minimum atomic E-state index is 0.472. The maximum Gasteiger partial charge on any atom is 0.148 e. The van der Waals surface area contributed by atoms with Gasteiger partial charge >= 0.3 is 0 Å². The molecule has 0 unspecified atom stereocenters. The Kier molecular flexibility index (Phi) is 6.14. The minimum absolute atomic E-state index is 0.472. The number of aryl methyl sites for hydroxylation is 2. The van der Waals surface area contributed by atoms with E-state index in [1.165, 1.54) is 0 Å². The van der Waals surface area contributed by atoms with E-state index in [-0.39, 0.29) is 0 Å². The highest BCUT2D eigenvalue weighted by atomic mass is 79.9. The summed E-state index contributed by atoms with van der Waals surface area (Å²) in [6.07, 6.45) is 0.928. The molecule has 2 aromatic rings. The Labute approximate surface area is 146 Å². The number of alkyl halides is 1. The van der Waals surface area contributed by atoms with E-state index < -0.39 is 0 Å². The molecule has 0 saturated heterocycles. The smallest absolute Gasteiger partial charge is 0.148 e. The van der Waals surface area contributed by atoms with E-state index in [0.29, 0.717) is 12.5 Å². The summed E-state index contributed by atoms with van der Waals surface area (Å²) >= 11 is 12.9. The van der Waals surface area contributed by atoms with Crippen molar-refractivity contribution in [3.63, 3.8) is 0 Å². The molecular formula is C15H17Br2ClN2O. The molecule has 3 nitrogen and oxygen atoms in total. The van der Waals surface area contributed by atoms with Crippen molar-refractivity contribution in [1.29, 1.82) is 0 Å². The van der Waals surface area contributed by atoms with Crippen LogP contribution in [-0.2, 0) is 25.5 Å². The molecule has 0 fully saturated rings. The highest BCUT2D eigenvalue weighted by Gasteiger charge is 2.11. The van der Waals surface area contributed by atoms with E-state index >= 15 is 0 Å². The standard InChI is InChI=1S/C15H17Br2ClN2O/c1-3-11-7-12(20(4-2)19-11)9-21-15-13(16)5-10(8-18)6-14(15)17/h5-7H,3-4,8-9H2,1-2H3. The molecule has 0 N–H and O–H groups in total. The van der Waals surface area contributed by atoms with Gasteiger partial charge in [-0.1, -0.05) is 6.92 Å². The van der Waals surface area contributed by atoms with E-state index in [1.54, 1.807) is 0 Å². The summed E-state index contributed by atoms with van der Waals surface area (Å²) in [4.78, 5) is 0. The largest absolute Gasteiger partial charge is 0.485 e. The molecule has 0 aliphatic heterocycles. The van der Waals surface area contributed by atoms with Crippen LogP contribution in [0, 0.1) is 0 Å². The number of nitrogens with zero attached hydrogens (tertiary/aromatic N) is 2. The van der Waals surface area contributed by atoms with E-state index in [2.05, 4.69) is 56.9 Å². The molecule has 1 heterocycles. The summed E-state index contributed by atoms with van der Waals surface area (Å²) in [7, 11) is 0. The molecule has 1 aromatic carbocycles. The van der Waals surface area contributed by atoms with Crippen molar-refractivity contribution in [2.75, 3.05) is 0 Å². The number of hydrogen-bond donors (Lipinski definition) is 0. The normalized spacial score (nSPS) is 10.9. The summed E-state index contributed by atoms with van der Waals surface area (Å²) in [6.45, 7) is 5.51. The maximum absolute atomic E-state index is 5.96. The number of benzene rings is 1. The van der Waals surface area contributed by atoms with Crippen LogP contribution in [0.2, 0.25) is 0 Å². The predicted molar refractivity (Wildman–Crippen MR) is 93.0 cm³/mol. The first kappa shape index (κ1) is 16.8. The maximum atomic E-state index is 5.96. The lowest BCUT2D eigenvalue weighted by Gasteiger charge is -2.12. The molecule has 114 valence electrons. The molecule has 1 aromatic heterocycles. The molecule has 0 bridgehead atoms. The van der Waals surface area contributed by atoms with Crippen LogP contribution in [0.15, 0.2) is 27.1 Å². The summed E-state index contributed by atoms with van der Waals surface area (Å²) in [5.41, 5.74) is 3.20. The first-order valence-electron chi connectivity index (χ1n) is 6.81. The van der Waals surface area contributed by atoms with E-state index in [9.17, 15) is 0 Å². The van der Waals surface area contributed by atoms with E-state index in [0.717, 1.165) is 44.6 Å². The van der Waals surface area contributed by atoms with Crippen molar-refractivity contribution in [2.24, 2.45) is 0 Å². The van der Waals surface area contributed by atoms with Gasteiger partial charge in [0.05, 0.1) is 20.3 Å². The van der Waals surface area contributed by atoms with Gasteiger partial charge in [-0.2, -0.15) is 5.10 Å². The average molecular weight is 437 g/mol. The van der Waals surface area contributed by atoms with Crippen molar-refractivity contribution >= 4 is 43.5 Å². The van der Waals surface area contributed by atoms with Crippen LogP contribution in [0.25, 0.3) is 0 Å². The molecule has 0 aliphatic carbocycles. The molecule has 6 heteroatoms. The Morgan fingerprint density at radius 3 is 2.38 bits per heavy atom. The third-order valence-electron chi connectivity index (χ3n) is 3.15. The lowest BCUT2D eigenvalue weighted by molar-refractivity contribution is 0.289. The Bertz CT molecular complexity index is 605. The highest BCUT2D eigenvalue weighted by Crippen LogP contribution is 2.35. The number of ether oxygens (including phenoxy) is 1. The molecular weight excluding hydrogens is 419 g/mol. The zero-order valence-corrected chi connectivity index (χ0v) is 15.9. The van der Waals surface area contributed by atoms with Crippen molar-refractivity contribution in [2.45, 2.75) is 39.3 Å². The summed E-state index contributed by atoms with van der Waals surface area (Å²) in [6, 6.07) is 6.04. The van der Waals surface area contributed by atoms with Crippen molar-refractivity contribution < 1.29 is 4.74 Å². The van der Waals surface area contributed by atoms with Gasteiger partial charge in [-0.25, -0.2) is 0 Å². The number of hydrogen-bond acceptors (Lipinski definition) is 2. The molecule has 0 amide bonds. The Morgan fingerprint density at radius 2 is 1.86 bits per heavy atom. The second-order valence-corrected chi connectivity index (χ2v) is 6.58. The van der Waals surface area contributed by atoms with Gasteiger partial charge in [-0.15, -0.1) is 11.6 Å². The summed E-state index contributed by atoms with van der Waals surface area (Å²) in [5.74, 6) is 1.26. The van der Waals surface area contributed by atoms with Crippen LogP contribution in [0.5, 0.6) is 5.75 Å². The summed E-state index contributed by atoms with van der Waals surface area (Å²) in [5, 5.41) is 4.53. The molecule has 0 aliphatic rings. The van der Waals surface area contributed by atoms with Crippen LogP contribution in [-0.4, -0.2) is 9.78 Å². The SMILES string of the molecule is CCc1cc(COc2c(Br)cc(CCl)cc2Br)n(CC)n1. The number of rotatable bonds is 6. The fourth-order valence-electron chi connectivity index (χ4n) is 2.05. The lowest BCUT2D eigenvalue weighted by atomic mass is 10.2. The molecule has 0 atom stereocenters. The molecule has 2 rings (SSSR count). The summed E-state index contributed by atoms with van der Waals surface area (Å²) < 4.78 is 9.72. The quantitative estimate of drug-likeness (QED) is 0.574.